The van der Waals surface area contributed by atoms with E-state index in [1.165, 1.54) is 19.1 Å². The van der Waals surface area contributed by atoms with Crippen molar-refractivity contribution in [2.24, 2.45) is 5.10 Å². The lowest BCUT2D eigenvalue weighted by atomic mass is 10.0. The van der Waals surface area contributed by atoms with Crippen LogP contribution in [0.15, 0.2) is 53.6 Å². The first-order chi connectivity index (χ1) is 12.9. The van der Waals surface area contributed by atoms with Gasteiger partial charge in [0.05, 0.1) is 22.6 Å². The third-order valence-corrected chi connectivity index (χ3v) is 4.42. The molecular weight excluding hydrogens is 352 g/mol. The lowest BCUT2D eigenvalue weighted by Gasteiger charge is -2.28. The van der Waals surface area contributed by atoms with Gasteiger partial charge in [-0.3, -0.25) is 19.7 Å². The van der Waals surface area contributed by atoms with Crippen molar-refractivity contribution in [1.82, 2.24) is 5.01 Å². The molecule has 9 heteroatoms. The van der Waals surface area contributed by atoms with Crippen molar-refractivity contribution in [2.45, 2.75) is 19.1 Å². The van der Waals surface area contributed by atoms with E-state index in [0.717, 1.165) is 5.01 Å². The van der Waals surface area contributed by atoms with Crippen LogP contribution in [0.2, 0.25) is 0 Å². The summed E-state index contributed by atoms with van der Waals surface area (Å²) in [6.45, 7) is 1.30. The van der Waals surface area contributed by atoms with E-state index in [9.17, 15) is 19.7 Å². The number of nitro benzene ring substituents is 1. The van der Waals surface area contributed by atoms with Gasteiger partial charge in [0, 0.05) is 19.1 Å². The Kier molecular flexibility index (Phi) is 3.65. The van der Waals surface area contributed by atoms with E-state index in [0.29, 0.717) is 16.8 Å². The number of fused-ring (bicyclic) bond motifs is 2. The van der Waals surface area contributed by atoms with E-state index >= 15 is 0 Å². The zero-order valence-electron chi connectivity index (χ0n) is 14.2. The van der Waals surface area contributed by atoms with Crippen molar-refractivity contribution >= 4 is 29.1 Å². The quantitative estimate of drug-likeness (QED) is 0.660. The number of nitro groups is 1. The van der Waals surface area contributed by atoms with Crippen molar-refractivity contribution in [3.63, 3.8) is 0 Å². The third-order valence-electron chi connectivity index (χ3n) is 4.42. The molecule has 0 bridgehead atoms. The molecule has 4 rings (SSSR count). The fourth-order valence-electron chi connectivity index (χ4n) is 3.22. The van der Waals surface area contributed by atoms with Gasteiger partial charge in [-0.15, -0.1) is 5.10 Å². The molecule has 1 atom stereocenters. The number of hydrazone groups is 1. The molecule has 1 N–H and O–H groups in total. The van der Waals surface area contributed by atoms with Crippen LogP contribution < -0.4 is 5.32 Å². The Morgan fingerprint density at radius 2 is 1.96 bits per heavy atom. The molecule has 0 aliphatic carbocycles. The molecule has 2 aliphatic heterocycles. The van der Waals surface area contributed by atoms with Crippen LogP contribution in [-0.2, 0) is 26.5 Å². The maximum absolute atomic E-state index is 12.7. The van der Waals surface area contributed by atoms with Gasteiger partial charge in [0.1, 0.15) is 0 Å². The molecule has 0 saturated carbocycles. The second-order valence-corrected chi connectivity index (χ2v) is 6.17. The molecule has 0 saturated heterocycles. The molecule has 0 aromatic heterocycles. The van der Waals surface area contributed by atoms with Crippen molar-refractivity contribution in [2.75, 3.05) is 5.32 Å². The Hall–Kier alpha value is -3.75. The van der Waals surface area contributed by atoms with Crippen LogP contribution in [-0.4, -0.2) is 27.6 Å². The number of anilines is 1. The number of nitrogens with zero attached hydrogens (tertiary/aromatic N) is 3. The van der Waals surface area contributed by atoms with E-state index in [2.05, 4.69) is 10.4 Å². The van der Waals surface area contributed by atoms with Gasteiger partial charge in [-0.2, -0.15) is 5.01 Å². The summed E-state index contributed by atoms with van der Waals surface area (Å²) in [7, 11) is 0. The summed E-state index contributed by atoms with van der Waals surface area (Å²) in [6, 6.07) is 12.8. The second-order valence-electron chi connectivity index (χ2n) is 6.17. The number of carbonyl (C=O) groups excluding carboxylic acids is 2. The largest absolute Gasteiger partial charge is 0.437 e. The van der Waals surface area contributed by atoms with Gasteiger partial charge in [0.2, 0.25) is 11.8 Å². The van der Waals surface area contributed by atoms with Crippen LogP contribution in [0.25, 0.3) is 0 Å². The summed E-state index contributed by atoms with van der Waals surface area (Å²) in [4.78, 5) is 35.2. The van der Waals surface area contributed by atoms with Gasteiger partial charge in [-0.25, -0.2) is 0 Å². The van der Waals surface area contributed by atoms with Gasteiger partial charge in [-0.05, 0) is 11.6 Å². The topological polar surface area (TPSA) is 114 Å². The van der Waals surface area contributed by atoms with Crippen molar-refractivity contribution in [1.29, 1.82) is 0 Å². The molecule has 2 amide bonds. The SMILES string of the molecule is CC(=O)N1N=C(Cc2ccc([N+](=O)[O-])cc2)O[C@@]12C(=O)Nc1ccccc12. The number of benzene rings is 2. The summed E-state index contributed by atoms with van der Waals surface area (Å²) >= 11 is 0. The molecule has 2 aromatic carbocycles. The fourth-order valence-corrected chi connectivity index (χ4v) is 3.22. The van der Waals surface area contributed by atoms with E-state index < -0.39 is 22.5 Å². The number of hydrogen-bond donors (Lipinski definition) is 1. The highest BCUT2D eigenvalue weighted by Gasteiger charge is 2.59. The van der Waals surface area contributed by atoms with Crippen molar-refractivity contribution in [3.8, 4) is 0 Å². The minimum atomic E-state index is -1.67. The number of non-ortho nitro benzene ring substituents is 1. The van der Waals surface area contributed by atoms with Gasteiger partial charge in [-0.1, -0.05) is 30.3 Å². The Labute approximate surface area is 153 Å². The molecule has 136 valence electrons. The number of ether oxygens (including phenoxy) is 1. The maximum atomic E-state index is 12.7. The van der Waals surface area contributed by atoms with E-state index in [-0.39, 0.29) is 18.0 Å². The van der Waals surface area contributed by atoms with Gasteiger partial charge in [0.15, 0.2) is 0 Å². The molecule has 1 spiro atoms. The zero-order chi connectivity index (χ0) is 19.2. The number of amides is 2. The number of carbonyl (C=O) groups is 2. The Morgan fingerprint density at radius 1 is 1.26 bits per heavy atom. The first-order valence-corrected chi connectivity index (χ1v) is 8.13. The van der Waals surface area contributed by atoms with Crippen LogP contribution in [0.3, 0.4) is 0 Å². The minimum Gasteiger partial charge on any atom is -0.437 e. The third kappa shape index (κ3) is 2.51. The smallest absolute Gasteiger partial charge is 0.313 e. The maximum Gasteiger partial charge on any atom is 0.313 e. The summed E-state index contributed by atoms with van der Waals surface area (Å²) < 4.78 is 5.91. The first kappa shape index (κ1) is 16.7. The average Bonchev–Trinajstić information content (AvgIpc) is 3.15. The number of hydrogen-bond acceptors (Lipinski definition) is 6. The summed E-state index contributed by atoms with van der Waals surface area (Å²) in [6.07, 6.45) is 0.180. The Balaban J connectivity index is 1.67. The highest BCUT2D eigenvalue weighted by atomic mass is 16.6. The van der Waals surface area contributed by atoms with Gasteiger partial charge in [0.25, 0.3) is 11.6 Å². The van der Waals surface area contributed by atoms with E-state index in [4.69, 9.17) is 4.74 Å². The molecule has 0 fully saturated rings. The van der Waals surface area contributed by atoms with Crippen LogP contribution in [0.1, 0.15) is 18.1 Å². The monoisotopic (exact) mass is 366 g/mol. The molecule has 9 nitrogen and oxygen atoms in total. The van der Waals surface area contributed by atoms with E-state index in [1.807, 2.05) is 0 Å². The summed E-state index contributed by atoms with van der Waals surface area (Å²) in [5, 5.41) is 18.7. The molecule has 2 aromatic rings. The minimum absolute atomic E-state index is 0.0287. The standard InChI is InChI=1S/C18H14N4O5/c1-11(23)21-18(14-4-2-3-5-15(14)19-17(18)24)27-16(20-21)10-12-6-8-13(9-7-12)22(25)26/h2-9H,10H2,1H3,(H,19,24)/t18-/m0/s1. The van der Waals surface area contributed by atoms with Crippen molar-refractivity contribution < 1.29 is 19.2 Å². The molecule has 0 unspecified atom stereocenters. The van der Waals surface area contributed by atoms with Crippen LogP contribution >= 0.6 is 0 Å². The predicted octanol–water partition coefficient (Wildman–Crippen LogP) is 2.13. The molecule has 0 radical (unpaired) electrons. The van der Waals surface area contributed by atoms with E-state index in [1.54, 1.807) is 36.4 Å². The summed E-state index contributed by atoms with van der Waals surface area (Å²) in [5.74, 6) is -0.771. The molecule has 2 aliphatic rings. The number of nitrogens with one attached hydrogen (secondary N) is 1. The average molecular weight is 366 g/mol. The zero-order valence-corrected chi connectivity index (χ0v) is 14.2. The lowest BCUT2D eigenvalue weighted by molar-refractivity contribution is -0.384. The normalized spacial score (nSPS) is 20.1. The highest BCUT2D eigenvalue weighted by molar-refractivity contribution is 6.08. The lowest BCUT2D eigenvalue weighted by Crippen LogP contribution is -2.49. The van der Waals surface area contributed by atoms with Crippen LogP contribution in [0.5, 0.6) is 0 Å². The highest BCUT2D eigenvalue weighted by Crippen LogP contribution is 2.44. The Morgan fingerprint density at radius 3 is 2.63 bits per heavy atom. The predicted molar refractivity (Wildman–Crippen MR) is 94.6 cm³/mol. The first-order valence-electron chi connectivity index (χ1n) is 8.13. The fraction of sp³-hybridized carbons (Fsp3) is 0.167. The van der Waals surface area contributed by atoms with Crippen LogP contribution in [0.4, 0.5) is 11.4 Å². The van der Waals surface area contributed by atoms with Gasteiger partial charge >= 0.3 is 5.72 Å². The second kappa shape index (κ2) is 5.90. The Bertz CT molecular complexity index is 1000. The molecular formula is C18H14N4O5. The summed E-state index contributed by atoms with van der Waals surface area (Å²) in [5.41, 5.74) is 0.0668. The van der Waals surface area contributed by atoms with Crippen LogP contribution in [0, 0.1) is 10.1 Å². The number of rotatable bonds is 3. The molecule has 27 heavy (non-hydrogen) atoms. The molecule has 2 heterocycles. The van der Waals surface area contributed by atoms with Crippen molar-refractivity contribution in [3.05, 3.63) is 69.8 Å². The number of para-hydroxylation sites is 1. The van der Waals surface area contributed by atoms with Gasteiger partial charge < -0.3 is 10.1 Å².